The first-order valence-electron chi connectivity index (χ1n) is 6.57. The van der Waals surface area contributed by atoms with E-state index in [9.17, 15) is 4.79 Å². The van der Waals surface area contributed by atoms with Gasteiger partial charge < -0.3 is 9.88 Å². The van der Waals surface area contributed by atoms with Crippen LogP contribution in [0, 0.1) is 0 Å². The minimum absolute atomic E-state index is 0.190. The van der Waals surface area contributed by atoms with Gasteiger partial charge >= 0.3 is 0 Å². The number of anilines is 1. The highest BCUT2D eigenvalue weighted by Crippen LogP contribution is 2.33. The summed E-state index contributed by atoms with van der Waals surface area (Å²) in [5.41, 5.74) is 1.64. The molecule has 1 amide bonds. The number of amides is 1. The van der Waals surface area contributed by atoms with E-state index in [1.54, 1.807) is 24.1 Å². The van der Waals surface area contributed by atoms with Gasteiger partial charge in [-0.05, 0) is 12.8 Å². The zero-order valence-electron chi connectivity index (χ0n) is 10.9. The summed E-state index contributed by atoms with van der Waals surface area (Å²) in [6, 6.07) is 1.93. The molecule has 100 valence electrons. The predicted molar refractivity (Wildman–Crippen MR) is 71.0 cm³/mol. The fraction of sp³-hybridized carbons (Fsp3) is 0.462. The highest BCUT2D eigenvalue weighted by molar-refractivity contribution is 6.02. The van der Waals surface area contributed by atoms with Crippen molar-refractivity contribution in [1.29, 1.82) is 0 Å². The largest absolute Gasteiger partial charge is 0.330 e. The molecule has 2 aromatic rings. The molecule has 19 heavy (non-hydrogen) atoms. The second-order valence-corrected chi connectivity index (χ2v) is 5.03. The lowest BCUT2D eigenvalue weighted by molar-refractivity contribution is 0.101. The average Bonchev–Trinajstić information content (AvgIpc) is 3.07. The third kappa shape index (κ3) is 2.38. The molecule has 2 heterocycles. The van der Waals surface area contributed by atoms with Gasteiger partial charge in [-0.15, -0.1) is 0 Å². The molecule has 0 unspecified atom stereocenters. The average molecular weight is 259 g/mol. The number of carbonyl (C=O) groups is 1. The first-order valence-corrected chi connectivity index (χ1v) is 6.57. The molecule has 6 heteroatoms. The molecule has 0 saturated heterocycles. The van der Waals surface area contributed by atoms with Gasteiger partial charge in [0, 0.05) is 24.7 Å². The van der Waals surface area contributed by atoms with Crippen LogP contribution in [0.3, 0.4) is 0 Å². The Morgan fingerprint density at radius 3 is 2.95 bits per heavy atom. The van der Waals surface area contributed by atoms with E-state index in [1.165, 1.54) is 25.7 Å². The zero-order valence-corrected chi connectivity index (χ0v) is 10.9. The zero-order chi connectivity index (χ0) is 13.2. The lowest BCUT2D eigenvalue weighted by atomic mass is 10.0. The maximum atomic E-state index is 12.0. The number of carbonyl (C=O) groups excluding carboxylic acids is 1. The molecule has 1 fully saturated rings. The Morgan fingerprint density at radius 1 is 1.47 bits per heavy atom. The van der Waals surface area contributed by atoms with Crippen molar-refractivity contribution < 1.29 is 4.79 Å². The van der Waals surface area contributed by atoms with Gasteiger partial charge in [0.1, 0.15) is 5.69 Å². The van der Waals surface area contributed by atoms with Crippen LogP contribution in [0.15, 0.2) is 18.6 Å². The highest BCUT2D eigenvalue weighted by atomic mass is 16.2. The minimum Gasteiger partial charge on any atom is -0.330 e. The van der Waals surface area contributed by atoms with E-state index >= 15 is 0 Å². The summed E-state index contributed by atoms with van der Waals surface area (Å²) in [6.07, 6.45) is 8.11. The molecule has 0 aromatic carbocycles. The molecular weight excluding hydrogens is 242 g/mol. The Morgan fingerprint density at radius 2 is 2.26 bits per heavy atom. The van der Waals surface area contributed by atoms with Crippen LogP contribution < -0.4 is 5.32 Å². The third-order valence-corrected chi connectivity index (χ3v) is 3.68. The van der Waals surface area contributed by atoms with E-state index in [0.29, 0.717) is 17.4 Å². The SMILES string of the molecule is Cn1cncc1C(=O)Nc1cc(C2CCCC2)[nH]n1. The quantitative estimate of drug-likeness (QED) is 0.885. The van der Waals surface area contributed by atoms with Crippen molar-refractivity contribution in [3.05, 3.63) is 30.0 Å². The Labute approximate surface area is 111 Å². The van der Waals surface area contributed by atoms with E-state index in [0.717, 1.165) is 5.69 Å². The van der Waals surface area contributed by atoms with Gasteiger partial charge in [0.2, 0.25) is 0 Å². The van der Waals surface area contributed by atoms with Crippen molar-refractivity contribution in [2.24, 2.45) is 7.05 Å². The molecule has 0 spiro atoms. The van der Waals surface area contributed by atoms with Gasteiger partial charge in [-0.25, -0.2) is 4.98 Å². The second kappa shape index (κ2) is 4.87. The number of hydrogen-bond donors (Lipinski definition) is 2. The number of imidazole rings is 1. The number of H-pyrrole nitrogens is 1. The third-order valence-electron chi connectivity index (χ3n) is 3.68. The van der Waals surface area contributed by atoms with Crippen molar-refractivity contribution in [2.75, 3.05) is 5.32 Å². The molecular formula is C13H17N5O. The van der Waals surface area contributed by atoms with Gasteiger partial charge in [-0.1, -0.05) is 12.8 Å². The first kappa shape index (κ1) is 12.0. The van der Waals surface area contributed by atoms with Gasteiger partial charge in [0.25, 0.3) is 5.91 Å². The van der Waals surface area contributed by atoms with Crippen molar-refractivity contribution in [3.63, 3.8) is 0 Å². The fourth-order valence-electron chi connectivity index (χ4n) is 2.60. The van der Waals surface area contributed by atoms with Gasteiger partial charge in [-0.2, -0.15) is 5.10 Å². The topological polar surface area (TPSA) is 75.6 Å². The van der Waals surface area contributed by atoms with Crippen LogP contribution in [0.2, 0.25) is 0 Å². The molecule has 0 aliphatic heterocycles. The van der Waals surface area contributed by atoms with E-state index < -0.39 is 0 Å². The van der Waals surface area contributed by atoms with Gasteiger partial charge in [0.15, 0.2) is 5.82 Å². The molecule has 2 aromatic heterocycles. The number of nitrogens with zero attached hydrogens (tertiary/aromatic N) is 3. The van der Waals surface area contributed by atoms with Crippen LogP contribution in [0.25, 0.3) is 0 Å². The summed E-state index contributed by atoms with van der Waals surface area (Å²) >= 11 is 0. The molecule has 0 radical (unpaired) electrons. The molecule has 1 aliphatic rings. The van der Waals surface area contributed by atoms with E-state index in [-0.39, 0.29) is 5.91 Å². The summed E-state index contributed by atoms with van der Waals surface area (Å²) < 4.78 is 1.68. The van der Waals surface area contributed by atoms with Crippen molar-refractivity contribution in [1.82, 2.24) is 19.7 Å². The second-order valence-electron chi connectivity index (χ2n) is 5.03. The van der Waals surface area contributed by atoms with Crippen LogP contribution in [0.1, 0.15) is 47.8 Å². The maximum absolute atomic E-state index is 12.0. The lowest BCUT2D eigenvalue weighted by Crippen LogP contribution is -2.15. The molecule has 0 atom stereocenters. The Kier molecular flexibility index (Phi) is 3.06. The first-order chi connectivity index (χ1) is 9.24. The smallest absolute Gasteiger partial charge is 0.275 e. The standard InChI is InChI=1S/C13H17N5O/c1-18-8-14-7-11(18)13(19)15-12-6-10(16-17-12)9-4-2-3-5-9/h6-9H,2-5H2,1H3,(H2,15,16,17,19). The van der Waals surface area contributed by atoms with E-state index in [1.807, 2.05) is 6.07 Å². The maximum Gasteiger partial charge on any atom is 0.275 e. The van der Waals surface area contributed by atoms with Gasteiger partial charge in [-0.3, -0.25) is 9.89 Å². The molecule has 0 bridgehead atoms. The molecule has 1 saturated carbocycles. The fourth-order valence-corrected chi connectivity index (χ4v) is 2.60. The monoisotopic (exact) mass is 259 g/mol. The summed E-state index contributed by atoms with van der Waals surface area (Å²) in [5, 5.41) is 9.97. The van der Waals surface area contributed by atoms with Crippen LogP contribution in [0.5, 0.6) is 0 Å². The normalized spacial score (nSPS) is 15.8. The summed E-state index contributed by atoms with van der Waals surface area (Å²) in [5.74, 6) is 0.951. The van der Waals surface area contributed by atoms with Crippen molar-refractivity contribution in [2.45, 2.75) is 31.6 Å². The van der Waals surface area contributed by atoms with Crippen LogP contribution in [-0.2, 0) is 7.05 Å². The van der Waals surface area contributed by atoms with Crippen molar-refractivity contribution >= 4 is 11.7 Å². The molecule has 1 aliphatic carbocycles. The number of aryl methyl sites for hydroxylation is 1. The van der Waals surface area contributed by atoms with Crippen LogP contribution in [-0.4, -0.2) is 25.7 Å². The number of aromatic nitrogens is 4. The van der Waals surface area contributed by atoms with E-state index in [2.05, 4.69) is 20.5 Å². The summed E-state index contributed by atoms with van der Waals surface area (Å²) in [6.45, 7) is 0. The van der Waals surface area contributed by atoms with Crippen LogP contribution >= 0.6 is 0 Å². The Bertz CT molecular complexity index is 579. The van der Waals surface area contributed by atoms with E-state index in [4.69, 9.17) is 0 Å². The lowest BCUT2D eigenvalue weighted by Gasteiger charge is -2.03. The predicted octanol–water partition coefficient (Wildman–Crippen LogP) is 2.05. The Hall–Kier alpha value is -2.11. The van der Waals surface area contributed by atoms with Crippen LogP contribution in [0.4, 0.5) is 5.82 Å². The summed E-state index contributed by atoms with van der Waals surface area (Å²) in [7, 11) is 1.79. The number of nitrogens with one attached hydrogen (secondary N) is 2. The van der Waals surface area contributed by atoms with Gasteiger partial charge in [0.05, 0.1) is 12.5 Å². The Balaban J connectivity index is 1.70. The number of rotatable bonds is 3. The highest BCUT2D eigenvalue weighted by Gasteiger charge is 2.20. The summed E-state index contributed by atoms with van der Waals surface area (Å²) in [4.78, 5) is 15.9. The molecule has 6 nitrogen and oxygen atoms in total. The molecule has 2 N–H and O–H groups in total. The minimum atomic E-state index is -0.190. The number of aromatic amines is 1. The van der Waals surface area contributed by atoms with Crippen molar-refractivity contribution in [3.8, 4) is 0 Å². The molecule has 3 rings (SSSR count). The number of hydrogen-bond acceptors (Lipinski definition) is 3.